The SMILES string of the molecule is O=C(O)c1noc(-c2c(Cl)cccc2Cl)n1. The van der Waals surface area contributed by atoms with Gasteiger partial charge in [-0.1, -0.05) is 29.3 Å². The summed E-state index contributed by atoms with van der Waals surface area (Å²) in [6.45, 7) is 0. The average molecular weight is 259 g/mol. The second kappa shape index (κ2) is 4.11. The number of carbonyl (C=O) groups is 1. The van der Waals surface area contributed by atoms with Gasteiger partial charge in [0.25, 0.3) is 11.7 Å². The standard InChI is InChI=1S/C9H4Cl2N2O3/c10-4-2-1-3-5(11)6(4)8-12-7(9(14)15)13-16-8/h1-3H,(H,14,15). The molecule has 0 amide bonds. The fourth-order valence-electron chi connectivity index (χ4n) is 1.11. The van der Waals surface area contributed by atoms with Gasteiger partial charge in [-0.25, -0.2) is 4.79 Å². The first-order valence-corrected chi connectivity index (χ1v) is 4.86. The van der Waals surface area contributed by atoms with Crippen molar-refractivity contribution in [1.29, 1.82) is 0 Å². The second-order valence-electron chi connectivity index (χ2n) is 2.82. The molecule has 0 saturated carbocycles. The minimum atomic E-state index is -1.28. The third kappa shape index (κ3) is 1.87. The van der Waals surface area contributed by atoms with E-state index in [2.05, 4.69) is 10.1 Å². The molecule has 16 heavy (non-hydrogen) atoms. The van der Waals surface area contributed by atoms with Gasteiger partial charge in [0.15, 0.2) is 0 Å². The summed E-state index contributed by atoms with van der Waals surface area (Å²) in [6, 6.07) is 4.84. The van der Waals surface area contributed by atoms with E-state index in [1.165, 1.54) is 0 Å². The molecule has 0 aliphatic heterocycles. The first kappa shape index (κ1) is 10.9. The Bertz CT molecular complexity index is 533. The van der Waals surface area contributed by atoms with Gasteiger partial charge < -0.3 is 9.63 Å². The molecule has 0 unspecified atom stereocenters. The van der Waals surface area contributed by atoms with E-state index in [0.717, 1.165) is 0 Å². The number of carboxylic acids is 1. The van der Waals surface area contributed by atoms with Crippen molar-refractivity contribution in [3.8, 4) is 11.5 Å². The maximum Gasteiger partial charge on any atom is 0.377 e. The summed E-state index contributed by atoms with van der Waals surface area (Å²) in [7, 11) is 0. The summed E-state index contributed by atoms with van der Waals surface area (Å²) in [5, 5.41) is 12.5. The molecule has 5 nitrogen and oxygen atoms in total. The molecule has 2 rings (SSSR count). The molecule has 0 saturated heterocycles. The lowest BCUT2D eigenvalue weighted by molar-refractivity contribution is 0.0680. The first-order valence-electron chi connectivity index (χ1n) is 4.11. The Hall–Kier alpha value is -1.59. The van der Waals surface area contributed by atoms with Crippen molar-refractivity contribution in [2.75, 3.05) is 0 Å². The fraction of sp³-hybridized carbons (Fsp3) is 0. The number of aromatic carboxylic acids is 1. The van der Waals surface area contributed by atoms with Gasteiger partial charge in [0.1, 0.15) is 0 Å². The first-order chi connectivity index (χ1) is 7.59. The van der Waals surface area contributed by atoms with Crippen molar-refractivity contribution in [2.45, 2.75) is 0 Å². The molecule has 1 heterocycles. The summed E-state index contributed by atoms with van der Waals surface area (Å²) in [6.07, 6.45) is 0. The molecule has 82 valence electrons. The minimum absolute atomic E-state index is 0.0204. The molecule has 0 bridgehead atoms. The van der Waals surface area contributed by atoms with Gasteiger partial charge in [-0.3, -0.25) is 0 Å². The highest BCUT2D eigenvalue weighted by atomic mass is 35.5. The lowest BCUT2D eigenvalue weighted by Gasteiger charge is -1.99. The maximum absolute atomic E-state index is 10.6. The van der Waals surface area contributed by atoms with E-state index in [4.69, 9.17) is 32.8 Å². The number of nitrogens with zero attached hydrogens (tertiary/aromatic N) is 2. The highest BCUT2D eigenvalue weighted by Crippen LogP contribution is 2.33. The molecule has 0 aliphatic rings. The average Bonchev–Trinajstić information content (AvgIpc) is 2.66. The van der Waals surface area contributed by atoms with Crippen molar-refractivity contribution in [3.63, 3.8) is 0 Å². The van der Waals surface area contributed by atoms with Crippen molar-refractivity contribution >= 4 is 29.2 Å². The van der Waals surface area contributed by atoms with Crippen LogP contribution >= 0.6 is 23.2 Å². The lowest BCUT2D eigenvalue weighted by atomic mass is 10.2. The van der Waals surface area contributed by atoms with Gasteiger partial charge >= 0.3 is 5.97 Å². The third-order valence-corrected chi connectivity index (χ3v) is 2.42. The lowest BCUT2D eigenvalue weighted by Crippen LogP contribution is -1.98. The van der Waals surface area contributed by atoms with Crippen molar-refractivity contribution in [1.82, 2.24) is 10.1 Å². The molecule has 2 aromatic rings. The number of hydrogen-bond acceptors (Lipinski definition) is 4. The third-order valence-electron chi connectivity index (χ3n) is 1.79. The predicted octanol–water partition coefficient (Wildman–Crippen LogP) is 2.74. The van der Waals surface area contributed by atoms with Crippen LogP contribution in [0.15, 0.2) is 22.7 Å². The van der Waals surface area contributed by atoms with Crippen molar-refractivity contribution in [3.05, 3.63) is 34.1 Å². The van der Waals surface area contributed by atoms with Crippen molar-refractivity contribution < 1.29 is 14.4 Å². The number of carboxylic acid groups (broad SMARTS) is 1. The zero-order valence-electron chi connectivity index (χ0n) is 7.65. The Morgan fingerprint density at radius 3 is 2.44 bits per heavy atom. The summed E-state index contributed by atoms with van der Waals surface area (Å²) in [5.41, 5.74) is 0.325. The van der Waals surface area contributed by atoms with Crippen LogP contribution in [0.2, 0.25) is 10.0 Å². The maximum atomic E-state index is 10.6. The van der Waals surface area contributed by atoms with Gasteiger partial charge in [-0.15, -0.1) is 0 Å². The highest BCUT2D eigenvalue weighted by Gasteiger charge is 2.18. The van der Waals surface area contributed by atoms with E-state index >= 15 is 0 Å². The van der Waals surface area contributed by atoms with Crippen LogP contribution in [0.4, 0.5) is 0 Å². The van der Waals surface area contributed by atoms with Gasteiger partial charge in [-0.05, 0) is 17.3 Å². The molecule has 0 spiro atoms. The molecule has 1 N–H and O–H groups in total. The Labute approximate surface area is 99.6 Å². The summed E-state index contributed by atoms with van der Waals surface area (Å²) in [4.78, 5) is 14.2. The number of rotatable bonds is 2. The van der Waals surface area contributed by atoms with Gasteiger partial charge in [0.05, 0.1) is 15.6 Å². The minimum Gasteiger partial charge on any atom is -0.475 e. The highest BCUT2D eigenvalue weighted by molar-refractivity contribution is 6.38. The summed E-state index contributed by atoms with van der Waals surface area (Å²) >= 11 is 11.8. The van der Waals surface area contributed by atoms with Crippen LogP contribution in [0.1, 0.15) is 10.6 Å². The van der Waals surface area contributed by atoms with Crippen LogP contribution < -0.4 is 0 Å². The largest absolute Gasteiger partial charge is 0.475 e. The number of aromatic nitrogens is 2. The Kier molecular flexibility index (Phi) is 2.80. The number of benzene rings is 1. The second-order valence-corrected chi connectivity index (χ2v) is 3.64. The normalized spacial score (nSPS) is 10.4. The zero-order chi connectivity index (χ0) is 11.7. The molecular weight excluding hydrogens is 255 g/mol. The predicted molar refractivity (Wildman–Crippen MR) is 56.7 cm³/mol. The van der Waals surface area contributed by atoms with Crippen molar-refractivity contribution in [2.24, 2.45) is 0 Å². The van der Waals surface area contributed by atoms with E-state index in [1.54, 1.807) is 18.2 Å². The fourth-order valence-corrected chi connectivity index (χ4v) is 1.67. The number of hydrogen-bond donors (Lipinski definition) is 1. The Morgan fingerprint density at radius 2 is 1.94 bits per heavy atom. The molecule has 1 aromatic heterocycles. The molecule has 0 radical (unpaired) electrons. The van der Waals surface area contributed by atoms with Gasteiger partial charge in [0, 0.05) is 0 Å². The molecule has 7 heteroatoms. The van der Waals surface area contributed by atoms with Crippen LogP contribution in [-0.4, -0.2) is 21.2 Å². The van der Waals surface area contributed by atoms with Gasteiger partial charge in [-0.2, -0.15) is 4.98 Å². The number of halogens is 2. The summed E-state index contributed by atoms with van der Waals surface area (Å²) < 4.78 is 4.76. The van der Waals surface area contributed by atoms with Crippen LogP contribution in [0.5, 0.6) is 0 Å². The molecule has 0 aliphatic carbocycles. The smallest absolute Gasteiger partial charge is 0.377 e. The Balaban J connectivity index is 2.54. The van der Waals surface area contributed by atoms with E-state index in [-0.39, 0.29) is 5.89 Å². The zero-order valence-corrected chi connectivity index (χ0v) is 9.16. The quantitative estimate of drug-likeness (QED) is 0.897. The van der Waals surface area contributed by atoms with Crippen LogP contribution in [0, 0.1) is 0 Å². The van der Waals surface area contributed by atoms with E-state index in [1.807, 2.05) is 0 Å². The molecule has 0 fully saturated rings. The van der Waals surface area contributed by atoms with E-state index in [0.29, 0.717) is 15.6 Å². The topological polar surface area (TPSA) is 76.2 Å². The van der Waals surface area contributed by atoms with Gasteiger partial charge in [0.2, 0.25) is 0 Å². The van der Waals surface area contributed by atoms with Crippen LogP contribution in [0.25, 0.3) is 11.5 Å². The van der Waals surface area contributed by atoms with E-state index < -0.39 is 11.8 Å². The molecular formula is C9H4Cl2N2O3. The van der Waals surface area contributed by atoms with E-state index in [9.17, 15) is 4.79 Å². The van der Waals surface area contributed by atoms with Crippen LogP contribution in [-0.2, 0) is 0 Å². The van der Waals surface area contributed by atoms with Crippen LogP contribution in [0.3, 0.4) is 0 Å². The molecule has 1 aromatic carbocycles. The molecule has 0 atom stereocenters. The Morgan fingerprint density at radius 1 is 1.31 bits per heavy atom. The summed E-state index contributed by atoms with van der Waals surface area (Å²) in [5.74, 6) is -1.74. The monoisotopic (exact) mass is 258 g/mol.